The van der Waals surface area contributed by atoms with Gasteiger partial charge >= 0.3 is 12.1 Å². The number of benzene rings is 3. The number of alkyl carbamates (subject to hydrolysis) is 1. The number of carbonyl (C=O) groups excluding carboxylic acids is 2. The second-order valence-electron chi connectivity index (χ2n) is 8.55. The van der Waals surface area contributed by atoms with E-state index in [1.54, 1.807) is 23.1 Å². The van der Waals surface area contributed by atoms with Crippen LogP contribution in [0.2, 0.25) is 0 Å². The van der Waals surface area contributed by atoms with E-state index < -0.39 is 12.1 Å². The summed E-state index contributed by atoms with van der Waals surface area (Å²) >= 11 is 0. The van der Waals surface area contributed by atoms with Gasteiger partial charge in [0, 0.05) is 31.6 Å². The van der Waals surface area contributed by atoms with Crippen LogP contribution in [0.25, 0.3) is 11.1 Å². The Balaban J connectivity index is 1.12. The molecule has 3 aromatic rings. The lowest BCUT2D eigenvalue weighted by Gasteiger charge is -2.14. The zero-order valence-corrected chi connectivity index (χ0v) is 18.9. The van der Waals surface area contributed by atoms with Gasteiger partial charge in [-0.3, -0.25) is 4.79 Å². The molecule has 7 nitrogen and oxygen atoms in total. The number of hydrogen-bond donors (Lipinski definition) is 2. The summed E-state index contributed by atoms with van der Waals surface area (Å²) < 4.78 is 5.49. The first-order valence-electron chi connectivity index (χ1n) is 11.4. The van der Waals surface area contributed by atoms with Crippen LogP contribution in [0.4, 0.5) is 4.79 Å². The quantitative estimate of drug-likeness (QED) is 0.525. The van der Waals surface area contributed by atoms with Gasteiger partial charge in [-0.25, -0.2) is 9.59 Å². The monoisotopic (exact) mass is 468 g/mol. The van der Waals surface area contributed by atoms with Gasteiger partial charge in [-0.15, -0.1) is 0 Å². The fourth-order valence-electron chi connectivity index (χ4n) is 4.83. The highest BCUT2D eigenvalue weighted by Gasteiger charge is 2.29. The molecule has 0 spiro atoms. The number of nitrogens with one attached hydrogen (secondary N) is 1. The predicted molar refractivity (Wildman–Crippen MR) is 130 cm³/mol. The number of rotatable bonds is 6. The van der Waals surface area contributed by atoms with Crippen molar-refractivity contribution in [2.24, 2.45) is 0 Å². The average Bonchev–Trinajstić information content (AvgIpc) is 3.45. The third kappa shape index (κ3) is 4.40. The first-order valence-corrected chi connectivity index (χ1v) is 11.4. The van der Waals surface area contributed by atoms with Crippen molar-refractivity contribution in [1.82, 2.24) is 10.2 Å². The summed E-state index contributed by atoms with van der Waals surface area (Å²) in [6.07, 6.45) is 2.39. The molecule has 0 saturated carbocycles. The first-order chi connectivity index (χ1) is 17.0. The number of carboxylic acid groups (broad SMARTS) is 1. The lowest BCUT2D eigenvalue weighted by Crippen LogP contribution is -2.27. The number of nitrogens with zero attached hydrogens (tertiary/aromatic N) is 1. The number of fused-ring (bicyclic) bond motifs is 4. The molecule has 7 heteroatoms. The Bertz CT molecular complexity index is 1300. The van der Waals surface area contributed by atoms with Gasteiger partial charge in [-0.2, -0.15) is 0 Å². The zero-order valence-electron chi connectivity index (χ0n) is 18.9. The summed E-state index contributed by atoms with van der Waals surface area (Å²) in [6, 6.07) is 21.3. The van der Waals surface area contributed by atoms with Crippen LogP contribution in [-0.4, -0.2) is 41.1 Å². The maximum atomic E-state index is 12.5. The molecule has 5 rings (SSSR count). The third-order valence-electron chi connectivity index (χ3n) is 6.49. The molecule has 1 aliphatic heterocycles. The smallest absolute Gasteiger partial charge is 0.407 e. The molecule has 0 fully saturated rings. The van der Waals surface area contributed by atoms with Crippen molar-refractivity contribution in [3.63, 3.8) is 0 Å². The molecular weight excluding hydrogens is 444 g/mol. The number of amides is 2. The molecule has 2 N–H and O–H groups in total. The summed E-state index contributed by atoms with van der Waals surface area (Å²) in [4.78, 5) is 37.7. The van der Waals surface area contributed by atoms with E-state index in [1.807, 2.05) is 30.3 Å². The second-order valence-corrected chi connectivity index (χ2v) is 8.55. The summed E-state index contributed by atoms with van der Waals surface area (Å²) in [6.45, 7) is 0.976. The van der Waals surface area contributed by atoms with Gasteiger partial charge in [0.2, 0.25) is 5.91 Å². The number of hydrogen-bond acceptors (Lipinski definition) is 4. The minimum Gasteiger partial charge on any atom is -0.478 e. The summed E-state index contributed by atoms with van der Waals surface area (Å²) in [7, 11) is 0. The van der Waals surface area contributed by atoms with Gasteiger partial charge in [-0.1, -0.05) is 66.7 Å². The van der Waals surface area contributed by atoms with Crippen LogP contribution in [-0.2, 0) is 22.6 Å². The molecule has 35 heavy (non-hydrogen) atoms. The molecular formula is C28H24N2O5. The van der Waals surface area contributed by atoms with E-state index >= 15 is 0 Å². The Labute approximate surface area is 202 Å². The molecule has 0 saturated heterocycles. The van der Waals surface area contributed by atoms with Crippen LogP contribution in [0.1, 0.15) is 38.5 Å². The summed E-state index contributed by atoms with van der Waals surface area (Å²) in [5.74, 6) is -1.26. The number of carboxylic acids is 1. The fraction of sp³-hybridized carbons (Fsp3) is 0.179. The van der Waals surface area contributed by atoms with Crippen LogP contribution in [0, 0.1) is 0 Å². The van der Waals surface area contributed by atoms with Gasteiger partial charge in [0.15, 0.2) is 0 Å². The van der Waals surface area contributed by atoms with Crippen LogP contribution >= 0.6 is 0 Å². The highest BCUT2D eigenvalue weighted by molar-refractivity contribution is 5.92. The first kappa shape index (κ1) is 22.4. The van der Waals surface area contributed by atoms with E-state index in [0.29, 0.717) is 12.1 Å². The van der Waals surface area contributed by atoms with Crippen molar-refractivity contribution < 1.29 is 24.2 Å². The Morgan fingerprint density at radius 1 is 0.943 bits per heavy atom. The number of ether oxygens (including phenoxy) is 1. The van der Waals surface area contributed by atoms with Gasteiger partial charge < -0.3 is 20.1 Å². The molecule has 0 atom stereocenters. The highest BCUT2D eigenvalue weighted by Crippen LogP contribution is 2.44. The Morgan fingerprint density at radius 2 is 1.63 bits per heavy atom. The molecule has 3 aromatic carbocycles. The number of aromatic carboxylic acids is 1. The van der Waals surface area contributed by atoms with E-state index in [0.717, 1.165) is 27.8 Å². The van der Waals surface area contributed by atoms with E-state index in [1.165, 1.54) is 6.08 Å². The summed E-state index contributed by atoms with van der Waals surface area (Å²) in [5.41, 5.74) is 6.34. The second kappa shape index (κ2) is 9.46. The van der Waals surface area contributed by atoms with E-state index in [4.69, 9.17) is 4.74 Å². The molecule has 2 aliphatic rings. The Kier molecular flexibility index (Phi) is 6.06. The van der Waals surface area contributed by atoms with Crippen molar-refractivity contribution in [2.45, 2.75) is 19.0 Å². The Hall–Kier alpha value is -4.39. The lowest BCUT2D eigenvalue weighted by molar-refractivity contribution is -0.126. The van der Waals surface area contributed by atoms with Crippen molar-refractivity contribution in [2.75, 3.05) is 13.2 Å². The van der Waals surface area contributed by atoms with Crippen LogP contribution in [0.15, 0.2) is 78.9 Å². The van der Waals surface area contributed by atoms with E-state index in [2.05, 4.69) is 29.6 Å². The van der Waals surface area contributed by atoms with Gasteiger partial charge in [0.1, 0.15) is 6.61 Å². The molecule has 0 bridgehead atoms. The molecule has 0 radical (unpaired) electrons. The van der Waals surface area contributed by atoms with Gasteiger partial charge in [-0.05, 0) is 39.4 Å². The SMILES string of the molecule is O=C(NC/C=C/C(=O)N1Cc2cccc(C(=O)O)c2C1)OCC1c2ccccc2-c2ccccc21. The van der Waals surface area contributed by atoms with Crippen molar-refractivity contribution in [1.29, 1.82) is 0 Å². The molecule has 1 heterocycles. The van der Waals surface area contributed by atoms with Crippen molar-refractivity contribution >= 4 is 18.0 Å². The van der Waals surface area contributed by atoms with Gasteiger partial charge in [0.05, 0.1) is 5.56 Å². The molecule has 1 aliphatic carbocycles. The highest BCUT2D eigenvalue weighted by atomic mass is 16.5. The van der Waals surface area contributed by atoms with E-state index in [9.17, 15) is 19.5 Å². The Morgan fingerprint density at radius 3 is 2.31 bits per heavy atom. The predicted octanol–water partition coefficient (Wildman–Crippen LogP) is 4.32. The molecule has 2 amide bonds. The van der Waals surface area contributed by atoms with Crippen molar-refractivity contribution in [3.05, 3.63) is 107 Å². The lowest BCUT2D eigenvalue weighted by atomic mass is 9.98. The average molecular weight is 469 g/mol. The maximum Gasteiger partial charge on any atom is 0.407 e. The van der Waals surface area contributed by atoms with Crippen molar-refractivity contribution in [3.8, 4) is 11.1 Å². The fourth-order valence-corrected chi connectivity index (χ4v) is 4.83. The minimum absolute atomic E-state index is 0.0160. The molecule has 0 unspecified atom stereocenters. The van der Waals surface area contributed by atoms with E-state index in [-0.39, 0.29) is 37.1 Å². The molecule has 0 aromatic heterocycles. The third-order valence-corrected chi connectivity index (χ3v) is 6.49. The normalized spacial score (nSPS) is 13.9. The van der Waals surface area contributed by atoms with Crippen LogP contribution in [0.5, 0.6) is 0 Å². The standard InChI is InChI=1S/C28H24N2O5/c31-26(30-15-18-7-5-12-23(27(32)33)24(18)16-30)13-6-14-29-28(34)35-17-25-21-10-3-1-8-19(21)20-9-2-4-11-22(20)25/h1-13,25H,14-17H2,(H,29,34)(H,32,33)/b13-6+. The van der Waals surface area contributed by atoms with Crippen LogP contribution < -0.4 is 5.32 Å². The zero-order chi connectivity index (χ0) is 24.4. The maximum absolute atomic E-state index is 12.5. The number of carbonyl (C=O) groups is 3. The van der Waals surface area contributed by atoms with Gasteiger partial charge in [0.25, 0.3) is 0 Å². The largest absolute Gasteiger partial charge is 0.478 e. The van der Waals surface area contributed by atoms with Crippen LogP contribution in [0.3, 0.4) is 0 Å². The molecule has 176 valence electrons. The summed E-state index contributed by atoms with van der Waals surface area (Å²) in [5, 5.41) is 12.0. The minimum atomic E-state index is -1.00. The topological polar surface area (TPSA) is 95.9 Å².